The molecule has 28 heavy (non-hydrogen) atoms. The average molecular weight is 390 g/mol. The Bertz CT molecular complexity index is 812. The second kappa shape index (κ2) is 8.78. The number of carbonyl (C=O) groups is 1. The molecule has 0 bridgehead atoms. The summed E-state index contributed by atoms with van der Waals surface area (Å²) in [6.07, 6.45) is 3.10. The molecule has 0 aromatic heterocycles. The molecule has 3 nitrogen and oxygen atoms in total. The first kappa shape index (κ1) is 20.4. The lowest BCUT2D eigenvalue weighted by atomic mass is 9.78. The van der Waals surface area contributed by atoms with E-state index in [1.807, 2.05) is 20.2 Å². The normalized spacial score (nSPS) is 20.8. The topological polar surface area (TPSA) is 32.3 Å². The predicted octanol–water partition coefficient (Wildman–Crippen LogP) is 4.70. The summed E-state index contributed by atoms with van der Waals surface area (Å²) in [6, 6.07) is 10.0. The van der Waals surface area contributed by atoms with Crippen LogP contribution in [0.15, 0.2) is 42.5 Å². The van der Waals surface area contributed by atoms with Crippen LogP contribution in [0.5, 0.6) is 0 Å². The van der Waals surface area contributed by atoms with Crippen molar-refractivity contribution in [2.24, 2.45) is 5.92 Å². The maximum Gasteiger partial charge on any atom is 0.257 e. The Hall–Kier alpha value is -2.34. The van der Waals surface area contributed by atoms with E-state index >= 15 is 0 Å². The molecule has 6 heteroatoms. The van der Waals surface area contributed by atoms with Crippen molar-refractivity contribution in [3.8, 4) is 0 Å². The van der Waals surface area contributed by atoms with Gasteiger partial charge in [0.15, 0.2) is 0 Å². The first-order valence-electron chi connectivity index (χ1n) is 9.53. The summed E-state index contributed by atoms with van der Waals surface area (Å²) in [6.45, 7) is 0. The van der Waals surface area contributed by atoms with Crippen molar-refractivity contribution in [3.05, 3.63) is 71.0 Å². The van der Waals surface area contributed by atoms with Crippen LogP contribution >= 0.6 is 0 Å². The lowest BCUT2D eigenvalue weighted by Crippen LogP contribution is -2.40. The summed E-state index contributed by atoms with van der Waals surface area (Å²) >= 11 is 0. The van der Waals surface area contributed by atoms with Crippen LogP contribution < -0.4 is 5.32 Å². The van der Waals surface area contributed by atoms with Crippen molar-refractivity contribution < 1.29 is 18.0 Å². The largest absolute Gasteiger partial charge is 0.349 e. The summed E-state index contributed by atoms with van der Waals surface area (Å²) in [5.74, 6) is -2.37. The van der Waals surface area contributed by atoms with Crippen LogP contribution in [0.25, 0.3) is 0 Å². The molecule has 1 N–H and O–H groups in total. The zero-order chi connectivity index (χ0) is 20.3. The molecule has 0 saturated heterocycles. The van der Waals surface area contributed by atoms with E-state index in [4.69, 9.17) is 0 Å². The Kier molecular flexibility index (Phi) is 6.39. The minimum absolute atomic E-state index is 0.0800. The van der Waals surface area contributed by atoms with Crippen LogP contribution in [0.2, 0.25) is 0 Å². The zero-order valence-electron chi connectivity index (χ0n) is 16.1. The van der Waals surface area contributed by atoms with E-state index in [2.05, 4.69) is 10.2 Å². The molecule has 1 aliphatic rings. The molecule has 1 unspecified atom stereocenters. The van der Waals surface area contributed by atoms with Gasteiger partial charge in [0.05, 0.1) is 0 Å². The van der Waals surface area contributed by atoms with Crippen molar-refractivity contribution in [2.75, 3.05) is 14.1 Å². The molecule has 2 aromatic carbocycles. The number of hydrogen-bond donors (Lipinski definition) is 1. The number of hydrogen-bond acceptors (Lipinski definition) is 2. The lowest BCUT2D eigenvalue weighted by molar-refractivity contribution is 0.0898. The number of nitrogens with one attached hydrogen (secondary N) is 1. The van der Waals surface area contributed by atoms with E-state index in [1.165, 1.54) is 12.1 Å². The maximum absolute atomic E-state index is 13.8. The Morgan fingerprint density at radius 2 is 1.61 bits per heavy atom. The van der Waals surface area contributed by atoms with Crippen LogP contribution in [0, 0.1) is 23.4 Å². The standard InChI is InChI=1S/C22H25F3N2O/c1-27(2)21(15-5-3-6-16(23)13-15)14-9-11-17(12-10-14)26-22(28)20-18(24)7-4-8-19(20)25/h3-8,13-14,17,21H,9-12H2,1-2H3,(H,26,28). The fourth-order valence-electron chi connectivity index (χ4n) is 4.23. The van der Waals surface area contributed by atoms with Gasteiger partial charge in [-0.3, -0.25) is 4.79 Å². The first-order chi connectivity index (χ1) is 13.4. The summed E-state index contributed by atoms with van der Waals surface area (Å²) in [4.78, 5) is 14.4. The highest BCUT2D eigenvalue weighted by molar-refractivity contribution is 5.94. The van der Waals surface area contributed by atoms with E-state index in [0.29, 0.717) is 18.8 Å². The molecular formula is C22H25F3N2O. The molecule has 1 saturated carbocycles. The Morgan fingerprint density at radius 3 is 2.18 bits per heavy atom. The smallest absolute Gasteiger partial charge is 0.257 e. The maximum atomic E-state index is 13.8. The molecule has 1 fully saturated rings. The van der Waals surface area contributed by atoms with Crippen molar-refractivity contribution in [1.29, 1.82) is 0 Å². The molecule has 0 radical (unpaired) electrons. The van der Waals surface area contributed by atoms with Gasteiger partial charge in [-0.25, -0.2) is 13.2 Å². The van der Waals surface area contributed by atoms with Crippen molar-refractivity contribution in [1.82, 2.24) is 10.2 Å². The average Bonchev–Trinajstić information content (AvgIpc) is 2.63. The SMILES string of the molecule is CN(C)C(c1cccc(F)c1)C1CCC(NC(=O)c2c(F)cccc2F)CC1. The van der Waals surface area contributed by atoms with Gasteiger partial charge in [0.1, 0.15) is 23.0 Å². The van der Waals surface area contributed by atoms with Crippen molar-refractivity contribution in [3.63, 3.8) is 0 Å². The van der Waals surface area contributed by atoms with Gasteiger partial charge in [0.2, 0.25) is 0 Å². The molecule has 3 rings (SSSR count). The summed E-state index contributed by atoms with van der Waals surface area (Å²) in [7, 11) is 3.95. The molecule has 0 spiro atoms. The highest BCUT2D eigenvalue weighted by atomic mass is 19.1. The fourth-order valence-corrected chi connectivity index (χ4v) is 4.23. The Labute approximate surface area is 163 Å². The zero-order valence-corrected chi connectivity index (χ0v) is 16.1. The fraction of sp³-hybridized carbons (Fsp3) is 0.409. The Morgan fingerprint density at radius 1 is 1.00 bits per heavy atom. The first-order valence-corrected chi connectivity index (χ1v) is 9.53. The van der Waals surface area contributed by atoms with Gasteiger partial charge >= 0.3 is 0 Å². The van der Waals surface area contributed by atoms with E-state index in [1.54, 1.807) is 12.1 Å². The number of nitrogens with zero attached hydrogens (tertiary/aromatic N) is 1. The van der Waals surface area contributed by atoms with Gasteiger partial charge < -0.3 is 10.2 Å². The number of benzene rings is 2. The Balaban J connectivity index is 1.64. The minimum atomic E-state index is -0.857. The third-order valence-electron chi connectivity index (χ3n) is 5.49. The summed E-state index contributed by atoms with van der Waals surface area (Å²) in [5, 5.41) is 2.76. The second-order valence-electron chi connectivity index (χ2n) is 7.65. The third-order valence-corrected chi connectivity index (χ3v) is 5.49. The predicted molar refractivity (Wildman–Crippen MR) is 102 cm³/mol. The molecule has 1 amide bonds. The number of carbonyl (C=O) groups excluding carboxylic acids is 1. The van der Waals surface area contributed by atoms with Gasteiger partial charge in [-0.15, -0.1) is 0 Å². The summed E-state index contributed by atoms with van der Waals surface area (Å²) in [5.41, 5.74) is 0.404. The molecular weight excluding hydrogens is 365 g/mol. The van der Waals surface area contributed by atoms with Gasteiger partial charge in [0, 0.05) is 12.1 Å². The van der Waals surface area contributed by atoms with Gasteiger partial charge in [-0.05, 0) is 75.5 Å². The monoisotopic (exact) mass is 390 g/mol. The van der Waals surface area contributed by atoms with Crippen LogP contribution in [-0.4, -0.2) is 30.9 Å². The third kappa shape index (κ3) is 4.55. The second-order valence-corrected chi connectivity index (χ2v) is 7.65. The summed E-state index contributed by atoms with van der Waals surface area (Å²) < 4.78 is 41.3. The molecule has 0 heterocycles. The minimum Gasteiger partial charge on any atom is -0.349 e. The quantitative estimate of drug-likeness (QED) is 0.803. The lowest BCUT2D eigenvalue weighted by Gasteiger charge is -2.37. The van der Waals surface area contributed by atoms with Crippen molar-refractivity contribution in [2.45, 2.75) is 37.8 Å². The van der Waals surface area contributed by atoms with E-state index in [-0.39, 0.29) is 17.9 Å². The molecule has 150 valence electrons. The molecule has 0 aliphatic heterocycles. The van der Waals surface area contributed by atoms with Crippen LogP contribution in [0.1, 0.15) is 47.6 Å². The van der Waals surface area contributed by atoms with Gasteiger partial charge in [-0.1, -0.05) is 18.2 Å². The van der Waals surface area contributed by atoms with Crippen molar-refractivity contribution >= 4 is 5.91 Å². The number of rotatable bonds is 5. The van der Waals surface area contributed by atoms with Crippen LogP contribution in [-0.2, 0) is 0 Å². The van der Waals surface area contributed by atoms with E-state index < -0.39 is 23.1 Å². The highest BCUT2D eigenvalue weighted by Crippen LogP contribution is 2.37. The van der Waals surface area contributed by atoms with E-state index in [9.17, 15) is 18.0 Å². The highest BCUT2D eigenvalue weighted by Gasteiger charge is 2.31. The molecule has 1 aliphatic carbocycles. The van der Waals surface area contributed by atoms with Crippen LogP contribution in [0.3, 0.4) is 0 Å². The number of amides is 1. The van der Waals surface area contributed by atoms with Gasteiger partial charge in [-0.2, -0.15) is 0 Å². The van der Waals surface area contributed by atoms with Crippen LogP contribution in [0.4, 0.5) is 13.2 Å². The molecule has 2 aromatic rings. The number of halogens is 3. The molecule has 1 atom stereocenters. The van der Waals surface area contributed by atoms with Gasteiger partial charge in [0.25, 0.3) is 5.91 Å². The van der Waals surface area contributed by atoms with E-state index in [0.717, 1.165) is 30.5 Å².